The predicted octanol–water partition coefficient (Wildman–Crippen LogP) is 1.33. The molecule has 0 fully saturated rings. The second-order valence-corrected chi connectivity index (χ2v) is 3.32. The van der Waals surface area contributed by atoms with E-state index in [4.69, 9.17) is 5.11 Å². The van der Waals surface area contributed by atoms with Gasteiger partial charge in [0, 0.05) is 12.0 Å². The van der Waals surface area contributed by atoms with Crippen LogP contribution in [0, 0.1) is 6.92 Å². The van der Waals surface area contributed by atoms with E-state index in [1.165, 1.54) is 12.1 Å². The van der Waals surface area contributed by atoms with Crippen molar-refractivity contribution in [1.29, 1.82) is 0 Å². The van der Waals surface area contributed by atoms with Crippen LogP contribution in [0.3, 0.4) is 0 Å². The summed E-state index contributed by atoms with van der Waals surface area (Å²) in [5, 5.41) is 27.9. The summed E-state index contributed by atoms with van der Waals surface area (Å²) in [6, 6.07) is 2.98. The molecule has 0 aliphatic carbocycles. The van der Waals surface area contributed by atoms with Gasteiger partial charge < -0.3 is 15.3 Å². The lowest BCUT2D eigenvalue weighted by Gasteiger charge is -2.08. The van der Waals surface area contributed by atoms with Crippen molar-refractivity contribution in [2.24, 2.45) is 0 Å². The molecule has 0 heterocycles. The standard InChI is InChI=1S/C10H14O3/c1-6-3-10(13)8(4-7(2)11)5-9(6)12/h3,5,7,11-13H,4H2,1-2H3. The van der Waals surface area contributed by atoms with Crippen molar-refractivity contribution in [2.75, 3.05) is 0 Å². The van der Waals surface area contributed by atoms with Gasteiger partial charge in [0.2, 0.25) is 0 Å². The third-order valence-corrected chi connectivity index (χ3v) is 1.91. The van der Waals surface area contributed by atoms with Gasteiger partial charge in [-0.1, -0.05) is 0 Å². The predicted molar refractivity (Wildman–Crippen MR) is 49.9 cm³/mol. The SMILES string of the molecule is Cc1cc(O)c(CC(C)O)cc1O. The summed E-state index contributed by atoms with van der Waals surface area (Å²) >= 11 is 0. The molecule has 0 aromatic heterocycles. The lowest BCUT2D eigenvalue weighted by Crippen LogP contribution is -2.04. The second kappa shape index (κ2) is 3.66. The Kier molecular flexibility index (Phi) is 2.78. The Morgan fingerprint density at radius 2 is 1.85 bits per heavy atom. The van der Waals surface area contributed by atoms with Crippen LogP contribution in [-0.4, -0.2) is 21.4 Å². The molecule has 0 aliphatic rings. The molecule has 3 heteroatoms. The third-order valence-electron chi connectivity index (χ3n) is 1.91. The van der Waals surface area contributed by atoms with Crippen molar-refractivity contribution in [3.63, 3.8) is 0 Å². The van der Waals surface area contributed by atoms with E-state index in [-0.39, 0.29) is 11.5 Å². The first-order valence-electron chi connectivity index (χ1n) is 4.20. The van der Waals surface area contributed by atoms with E-state index in [1.54, 1.807) is 13.8 Å². The Bertz CT molecular complexity index is 305. The highest BCUT2D eigenvalue weighted by Gasteiger charge is 2.07. The lowest BCUT2D eigenvalue weighted by molar-refractivity contribution is 0.194. The van der Waals surface area contributed by atoms with Gasteiger partial charge in [0.1, 0.15) is 11.5 Å². The molecule has 0 radical (unpaired) electrons. The molecule has 0 spiro atoms. The van der Waals surface area contributed by atoms with Gasteiger partial charge in [0.25, 0.3) is 0 Å². The zero-order valence-electron chi connectivity index (χ0n) is 7.78. The number of aliphatic hydroxyl groups is 1. The number of rotatable bonds is 2. The third kappa shape index (κ3) is 2.36. The van der Waals surface area contributed by atoms with Crippen LogP contribution in [0.25, 0.3) is 0 Å². The minimum absolute atomic E-state index is 0.121. The van der Waals surface area contributed by atoms with Crippen LogP contribution in [0.2, 0.25) is 0 Å². The van der Waals surface area contributed by atoms with Gasteiger partial charge in [-0.2, -0.15) is 0 Å². The molecule has 1 aromatic rings. The van der Waals surface area contributed by atoms with Crippen LogP contribution in [0.15, 0.2) is 12.1 Å². The van der Waals surface area contributed by atoms with Crippen LogP contribution in [0.5, 0.6) is 11.5 Å². The number of aromatic hydroxyl groups is 2. The van der Waals surface area contributed by atoms with Crippen LogP contribution >= 0.6 is 0 Å². The van der Waals surface area contributed by atoms with Crippen LogP contribution in [0.1, 0.15) is 18.1 Å². The number of phenolic OH excluding ortho intramolecular Hbond substituents is 2. The molecular formula is C10H14O3. The molecule has 0 aliphatic heterocycles. The first-order valence-corrected chi connectivity index (χ1v) is 4.20. The van der Waals surface area contributed by atoms with Crippen molar-refractivity contribution in [3.05, 3.63) is 23.3 Å². The first-order chi connectivity index (χ1) is 6.00. The van der Waals surface area contributed by atoms with E-state index in [2.05, 4.69) is 0 Å². The van der Waals surface area contributed by atoms with Crippen LogP contribution in [-0.2, 0) is 6.42 Å². The Balaban J connectivity index is 3.01. The van der Waals surface area contributed by atoms with E-state index in [9.17, 15) is 10.2 Å². The summed E-state index contributed by atoms with van der Waals surface area (Å²) < 4.78 is 0. The lowest BCUT2D eigenvalue weighted by atomic mass is 10.0. The highest BCUT2D eigenvalue weighted by Crippen LogP contribution is 2.27. The molecule has 3 nitrogen and oxygen atoms in total. The molecule has 0 bridgehead atoms. The average Bonchev–Trinajstić information content (AvgIpc) is 1.99. The van der Waals surface area contributed by atoms with Gasteiger partial charge in [-0.3, -0.25) is 0 Å². The fourth-order valence-electron chi connectivity index (χ4n) is 1.21. The summed E-state index contributed by atoms with van der Waals surface area (Å²) in [5.74, 6) is 0.268. The molecule has 3 N–H and O–H groups in total. The Morgan fingerprint density at radius 1 is 1.23 bits per heavy atom. The molecule has 0 amide bonds. The number of aliphatic hydroxyl groups excluding tert-OH is 1. The van der Waals surface area contributed by atoms with E-state index in [1.807, 2.05) is 0 Å². The van der Waals surface area contributed by atoms with Gasteiger partial charge in [-0.25, -0.2) is 0 Å². The minimum Gasteiger partial charge on any atom is -0.508 e. The van der Waals surface area contributed by atoms with Crippen molar-refractivity contribution >= 4 is 0 Å². The van der Waals surface area contributed by atoms with Gasteiger partial charge in [0.05, 0.1) is 6.10 Å². The Hall–Kier alpha value is -1.22. The fourth-order valence-corrected chi connectivity index (χ4v) is 1.21. The van der Waals surface area contributed by atoms with Crippen molar-refractivity contribution in [3.8, 4) is 11.5 Å². The summed E-state index contributed by atoms with van der Waals surface area (Å²) in [7, 11) is 0. The van der Waals surface area contributed by atoms with Crippen molar-refractivity contribution in [2.45, 2.75) is 26.4 Å². The molecule has 1 aromatic carbocycles. The van der Waals surface area contributed by atoms with Gasteiger partial charge in [-0.05, 0) is 31.5 Å². The molecule has 72 valence electrons. The maximum Gasteiger partial charge on any atom is 0.119 e. The highest BCUT2D eigenvalue weighted by molar-refractivity contribution is 5.44. The molecule has 13 heavy (non-hydrogen) atoms. The maximum absolute atomic E-state index is 9.44. The molecule has 1 rings (SSSR count). The smallest absolute Gasteiger partial charge is 0.119 e. The monoisotopic (exact) mass is 182 g/mol. The zero-order chi connectivity index (χ0) is 10.0. The Morgan fingerprint density at radius 3 is 2.38 bits per heavy atom. The zero-order valence-corrected chi connectivity index (χ0v) is 7.78. The molecule has 0 saturated carbocycles. The summed E-state index contributed by atoms with van der Waals surface area (Å²) in [6.45, 7) is 3.34. The summed E-state index contributed by atoms with van der Waals surface area (Å²) in [6.07, 6.45) is -0.173. The second-order valence-electron chi connectivity index (χ2n) is 3.32. The molecule has 1 atom stereocenters. The molecule has 0 saturated heterocycles. The topological polar surface area (TPSA) is 60.7 Å². The average molecular weight is 182 g/mol. The van der Waals surface area contributed by atoms with E-state index in [0.29, 0.717) is 17.5 Å². The van der Waals surface area contributed by atoms with E-state index in [0.717, 1.165) is 0 Å². The largest absolute Gasteiger partial charge is 0.508 e. The summed E-state index contributed by atoms with van der Waals surface area (Å²) in [4.78, 5) is 0. The number of phenols is 2. The summed E-state index contributed by atoms with van der Waals surface area (Å²) in [5.41, 5.74) is 1.20. The van der Waals surface area contributed by atoms with Gasteiger partial charge >= 0.3 is 0 Å². The minimum atomic E-state index is -0.520. The number of aryl methyl sites for hydroxylation is 1. The first kappa shape index (κ1) is 9.86. The normalized spacial score (nSPS) is 12.8. The van der Waals surface area contributed by atoms with Gasteiger partial charge in [-0.15, -0.1) is 0 Å². The van der Waals surface area contributed by atoms with E-state index < -0.39 is 6.10 Å². The molecular weight excluding hydrogens is 168 g/mol. The number of hydrogen-bond acceptors (Lipinski definition) is 3. The molecule has 1 unspecified atom stereocenters. The van der Waals surface area contributed by atoms with E-state index >= 15 is 0 Å². The van der Waals surface area contributed by atoms with Crippen LogP contribution in [0.4, 0.5) is 0 Å². The fraction of sp³-hybridized carbons (Fsp3) is 0.400. The maximum atomic E-state index is 9.44. The van der Waals surface area contributed by atoms with Crippen molar-refractivity contribution < 1.29 is 15.3 Å². The quantitative estimate of drug-likeness (QED) is 0.605. The number of benzene rings is 1. The van der Waals surface area contributed by atoms with Crippen molar-refractivity contribution in [1.82, 2.24) is 0 Å². The number of hydrogen-bond donors (Lipinski definition) is 3. The van der Waals surface area contributed by atoms with Gasteiger partial charge in [0.15, 0.2) is 0 Å². The Labute approximate surface area is 77.3 Å². The highest BCUT2D eigenvalue weighted by atomic mass is 16.3. The van der Waals surface area contributed by atoms with Crippen LogP contribution < -0.4 is 0 Å².